The summed E-state index contributed by atoms with van der Waals surface area (Å²) >= 11 is 0. The molecule has 0 spiro atoms. The number of unbranched alkanes of at least 4 members (excludes halogenated alkanes) is 8. The molecular formula is C85H101N. The largest absolute Gasteiger partial charge is 0.258 e. The SMILES string of the molecule is CCCCCc1ccc(-c2ccc(CCCc3cc(CCCc4ccc(-c5ccc(CCCCC)cc5)cc4)c(CCCc4ccc(-c5ccc(CCCCC)cc5)cc4)c(CCCc4ccc(-c5ccc(CCCCC)cc5)cc4)n3)cc2)cc1. The molecule has 0 saturated heterocycles. The minimum atomic E-state index is 0.984. The number of hydrogen-bond donors (Lipinski definition) is 0. The van der Waals surface area contributed by atoms with Crippen molar-refractivity contribution in [3.8, 4) is 44.5 Å². The molecule has 0 bridgehead atoms. The second-order valence-electron chi connectivity index (χ2n) is 25.0. The van der Waals surface area contributed by atoms with Crippen LogP contribution in [0.2, 0.25) is 0 Å². The third kappa shape index (κ3) is 20.0. The highest BCUT2D eigenvalue weighted by Gasteiger charge is 2.15. The number of aromatic nitrogens is 1. The highest BCUT2D eigenvalue weighted by molar-refractivity contribution is 5.67. The first kappa shape index (κ1) is 63.4. The molecule has 1 aromatic heterocycles. The Hall–Kier alpha value is -7.09. The van der Waals surface area contributed by atoms with Gasteiger partial charge in [0.15, 0.2) is 0 Å². The van der Waals surface area contributed by atoms with E-state index < -0.39 is 0 Å². The standard InChI is InChI=1S/C85H101N/c1-5-9-13-21-66-33-49-74(50-34-66)78-57-41-70(42-58-78)25-17-29-82-65-83(30-18-26-71-43-59-79(60-44-71)75-51-35-67(36-52-75)22-14-10-6-2)86-85(32-20-28-73-47-63-81(64-48-73)77-55-39-69(40-56-77)24-16-12-8-4)84(82)31-19-27-72-45-61-80(62-46-72)76-53-37-68(38-54-76)23-15-11-7-3/h33-65H,5-32H2,1-4H3. The highest BCUT2D eigenvalue weighted by atomic mass is 14.7. The summed E-state index contributed by atoms with van der Waals surface area (Å²) in [7, 11) is 0. The number of rotatable bonds is 36. The van der Waals surface area contributed by atoms with Crippen molar-refractivity contribution >= 4 is 0 Å². The van der Waals surface area contributed by atoms with Gasteiger partial charge >= 0.3 is 0 Å². The fourth-order valence-corrected chi connectivity index (χ4v) is 12.7. The molecule has 0 aliphatic rings. The smallest absolute Gasteiger partial charge is 0.0441 e. The summed E-state index contributed by atoms with van der Waals surface area (Å²) in [4.78, 5) is 5.69. The third-order valence-corrected chi connectivity index (χ3v) is 18.2. The van der Waals surface area contributed by atoms with Gasteiger partial charge in [0.05, 0.1) is 0 Å². The first-order valence-corrected chi connectivity index (χ1v) is 34.2. The number of nitrogens with zero attached hydrogens (tertiary/aromatic N) is 1. The van der Waals surface area contributed by atoms with E-state index in [2.05, 4.69) is 228 Å². The molecule has 9 rings (SSSR count). The molecule has 1 nitrogen and oxygen atoms in total. The molecule has 0 saturated carbocycles. The molecule has 8 aromatic carbocycles. The number of benzene rings is 8. The summed E-state index contributed by atoms with van der Waals surface area (Å²) < 4.78 is 0. The van der Waals surface area contributed by atoms with Crippen molar-refractivity contribution in [1.82, 2.24) is 4.98 Å². The Kier molecular flexibility index (Phi) is 25.7. The molecule has 0 amide bonds. The summed E-state index contributed by atoms with van der Waals surface area (Å²) in [5.41, 5.74) is 27.5. The molecule has 0 aliphatic carbocycles. The van der Waals surface area contributed by atoms with Gasteiger partial charge in [-0.15, -0.1) is 0 Å². The zero-order valence-electron chi connectivity index (χ0n) is 53.3. The van der Waals surface area contributed by atoms with Crippen LogP contribution in [0, 0.1) is 0 Å². The van der Waals surface area contributed by atoms with Crippen molar-refractivity contribution in [1.29, 1.82) is 0 Å². The normalized spacial score (nSPS) is 11.4. The fraction of sp³-hybridized carbons (Fsp3) is 0.376. The van der Waals surface area contributed by atoms with Crippen LogP contribution in [0.3, 0.4) is 0 Å². The molecule has 0 unspecified atom stereocenters. The monoisotopic (exact) mass is 1140 g/mol. The molecule has 86 heavy (non-hydrogen) atoms. The zero-order chi connectivity index (χ0) is 59.4. The van der Waals surface area contributed by atoms with E-state index in [-0.39, 0.29) is 0 Å². The van der Waals surface area contributed by atoms with E-state index in [1.54, 1.807) is 0 Å². The van der Waals surface area contributed by atoms with Crippen molar-refractivity contribution < 1.29 is 0 Å². The van der Waals surface area contributed by atoms with Crippen LogP contribution in [0.25, 0.3) is 44.5 Å². The van der Waals surface area contributed by atoms with E-state index >= 15 is 0 Å². The lowest BCUT2D eigenvalue weighted by molar-refractivity contribution is 0.717. The van der Waals surface area contributed by atoms with Gasteiger partial charge in [-0.2, -0.15) is 0 Å². The predicted octanol–water partition coefficient (Wildman–Crippen LogP) is 23.4. The number of aryl methyl sites for hydroxylation is 11. The van der Waals surface area contributed by atoms with Gasteiger partial charge in [0.2, 0.25) is 0 Å². The molecule has 0 fully saturated rings. The summed E-state index contributed by atoms with van der Waals surface area (Å²) in [6, 6.07) is 77.3. The molecular weight excluding hydrogens is 1030 g/mol. The molecule has 0 atom stereocenters. The van der Waals surface area contributed by atoms with E-state index in [1.165, 1.54) is 214 Å². The Morgan fingerprint density at radius 1 is 0.209 bits per heavy atom. The second kappa shape index (κ2) is 34.9. The van der Waals surface area contributed by atoms with Crippen molar-refractivity contribution in [3.05, 3.63) is 267 Å². The van der Waals surface area contributed by atoms with Crippen LogP contribution < -0.4 is 0 Å². The first-order valence-electron chi connectivity index (χ1n) is 34.2. The van der Waals surface area contributed by atoms with E-state index in [4.69, 9.17) is 4.98 Å². The lowest BCUT2D eigenvalue weighted by Gasteiger charge is -2.18. The van der Waals surface area contributed by atoms with Gasteiger partial charge in [0, 0.05) is 11.4 Å². The molecule has 0 radical (unpaired) electrons. The van der Waals surface area contributed by atoms with E-state index in [9.17, 15) is 0 Å². The highest BCUT2D eigenvalue weighted by Crippen LogP contribution is 2.29. The average Bonchev–Trinajstić information content (AvgIpc) is 3.61. The van der Waals surface area contributed by atoms with Gasteiger partial charge in [-0.3, -0.25) is 4.98 Å². The van der Waals surface area contributed by atoms with E-state index in [0.29, 0.717) is 0 Å². The van der Waals surface area contributed by atoms with Crippen LogP contribution in [0.5, 0.6) is 0 Å². The van der Waals surface area contributed by atoms with Gasteiger partial charge < -0.3 is 0 Å². The van der Waals surface area contributed by atoms with E-state index in [1.807, 2.05) is 0 Å². The Labute approximate surface area is 521 Å². The lowest BCUT2D eigenvalue weighted by atomic mass is 9.91. The third-order valence-electron chi connectivity index (χ3n) is 18.2. The van der Waals surface area contributed by atoms with Crippen LogP contribution in [0.4, 0.5) is 0 Å². The maximum atomic E-state index is 5.69. The van der Waals surface area contributed by atoms with Crippen LogP contribution >= 0.6 is 0 Å². The zero-order valence-corrected chi connectivity index (χ0v) is 53.3. The van der Waals surface area contributed by atoms with Gasteiger partial charge in [0.1, 0.15) is 0 Å². The molecule has 1 heterocycles. The molecule has 1 heteroatoms. The van der Waals surface area contributed by atoms with Crippen LogP contribution in [-0.4, -0.2) is 4.98 Å². The molecule has 0 N–H and O–H groups in total. The van der Waals surface area contributed by atoms with Crippen molar-refractivity contribution in [2.45, 2.75) is 207 Å². The fourth-order valence-electron chi connectivity index (χ4n) is 12.7. The summed E-state index contributed by atoms with van der Waals surface area (Å²) in [6.45, 7) is 9.12. The Bertz CT molecular complexity index is 3200. The van der Waals surface area contributed by atoms with Crippen LogP contribution in [0.15, 0.2) is 200 Å². The summed E-state index contributed by atoms with van der Waals surface area (Å²) in [5.74, 6) is 0. The number of hydrogen-bond acceptors (Lipinski definition) is 1. The topological polar surface area (TPSA) is 12.9 Å². The van der Waals surface area contributed by atoms with Crippen LogP contribution in [0.1, 0.15) is 197 Å². The minimum Gasteiger partial charge on any atom is -0.258 e. The quantitative estimate of drug-likeness (QED) is 0.0357. The Morgan fingerprint density at radius 3 is 0.686 bits per heavy atom. The summed E-state index contributed by atoms with van der Waals surface area (Å²) in [6.07, 6.45) is 32.7. The second-order valence-corrected chi connectivity index (χ2v) is 25.0. The maximum absolute atomic E-state index is 5.69. The van der Waals surface area contributed by atoms with Gasteiger partial charge in [0.25, 0.3) is 0 Å². The molecule has 446 valence electrons. The maximum Gasteiger partial charge on any atom is 0.0441 e. The Balaban J connectivity index is 0.917. The molecule has 0 aliphatic heterocycles. The number of pyridine rings is 1. The summed E-state index contributed by atoms with van der Waals surface area (Å²) in [5, 5.41) is 0. The van der Waals surface area contributed by atoms with Crippen molar-refractivity contribution in [2.24, 2.45) is 0 Å². The predicted molar refractivity (Wildman–Crippen MR) is 373 cm³/mol. The van der Waals surface area contributed by atoms with Gasteiger partial charge in [-0.05, 0) is 235 Å². The van der Waals surface area contributed by atoms with Crippen LogP contribution in [-0.2, 0) is 77.0 Å². The van der Waals surface area contributed by atoms with Crippen molar-refractivity contribution in [2.75, 3.05) is 0 Å². The molecule has 9 aromatic rings. The van der Waals surface area contributed by atoms with Gasteiger partial charge in [-0.1, -0.05) is 273 Å². The minimum absolute atomic E-state index is 0.984. The Morgan fingerprint density at radius 2 is 0.430 bits per heavy atom. The average molecular weight is 1140 g/mol. The lowest BCUT2D eigenvalue weighted by Crippen LogP contribution is -2.09. The van der Waals surface area contributed by atoms with Crippen molar-refractivity contribution in [3.63, 3.8) is 0 Å². The van der Waals surface area contributed by atoms with Gasteiger partial charge in [-0.25, -0.2) is 0 Å². The van der Waals surface area contributed by atoms with E-state index in [0.717, 1.165) is 77.0 Å². The first-order chi connectivity index (χ1) is 42.4.